The molecular formula is C52H97NO8. The van der Waals surface area contributed by atoms with Gasteiger partial charge in [0.2, 0.25) is 5.91 Å². The highest BCUT2D eigenvalue weighted by atomic mass is 16.7. The number of amides is 1. The van der Waals surface area contributed by atoms with Crippen molar-refractivity contribution in [1.29, 1.82) is 0 Å². The zero-order valence-corrected chi connectivity index (χ0v) is 39.4. The van der Waals surface area contributed by atoms with Gasteiger partial charge in [-0.25, -0.2) is 0 Å². The molecule has 0 bridgehead atoms. The number of nitrogens with one attached hydrogen (secondary N) is 1. The number of unbranched alkanes of at least 4 members (excludes halogenated alkanes) is 27. The molecule has 1 fully saturated rings. The first-order valence-corrected chi connectivity index (χ1v) is 25.7. The van der Waals surface area contributed by atoms with Crippen molar-refractivity contribution in [2.75, 3.05) is 13.2 Å². The second-order valence-corrected chi connectivity index (χ2v) is 18.0. The van der Waals surface area contributed by atoms with Crippen LogP contribution in [0.4, 0.5) is 0 Å². The van der Waals surface area contributed by atoms with Crippen LogP contribution in [-0.4, -0.2) is 87.5 Å². The average molecular weight is 864 g/mol. The van der Waals surface area contributed by atoms with Gasteiger partial charge in [-0.15, -0.1) is 0 Å². The molecule has 9 nitrogen and oxygen atoms in total. The molecule has 9 heteroatoms. The smallest absolute Gasteiger partial charge is 0.220 e. The fourth-order valence-corrected chi connectivity index (χ4v) is 8.11. The minimum Gasteiger partial charge on any atom is -0.394 e. The van der Waals surface area contributed by atoms with Gasteiger partial charge in [0.25, 0.3) is 0 Å². The van der Waals surface area contributed by atoms with Crippen LogP contribution in [0.1, 0.15) is 232 Å². The third-order valence-electron chi connectivity index (χ3n) is 12.2. The van der Waals surface area contributed by atoms with Crippen LogP contribution in [0.25, 0.3) is 0 Å². The van der Waals surface area contributed by atoms with Crippen molar-refractivity contribution in [3.8, 4) is 0 Å². The number of carbonyl (C=O) groups excluding carboxylic acids is 1. The molecule has 0 aromatic carbocycles. The van der Waals surface area contributed by atoms with Gasteiger partial charge in [0.05, 0.1) is 25.4 Å². The third-order valence-corrected chi connectivity index (χ3v) is 12.2. The third kappa shape index (κ3) is 32.7. The van der Waals surface area contributed by atoms with Crippen LogP contribution in [0.5, 0.6) is 0 Å². The van der Waals surface area contributed by atoms with Crippen molar-refractivity contribution in [2.45, 2.75) is 275 Å². The highest BCUT2D eigenvalue weighted by Crippen LogP contribution is 2.23. The van der Waals surface area contributed by atoms with E-state index >= 15 is 0 Å². The summed E-state index contributed by atoms with van der Waals surface area (Å²) < 4.78 is 11.2. The second-order valence-electron chi connectivity index (χ2n) is 18.0. The van der Waals surface area contributed by atoms with Gasteiger partial charge in [-0.05, 0) is 51.4 Å². The Morgan fingerprint density at radius 3 is 1.43 bits per heavy atom. The predicted molar refractivity (Wildman–Crippen MR) is 253 cm³/mol. The first-order valence-electron chi connectivity index (χ1n) is 25.7. The van der Waals surface area contributed by atoms with Crippen molar-refractivity contribution in [2.24, 2.45) is 0 Å². The van der Waals surface area contributed by atoms with Crippen LogP contribution in [0, 0.1) is 0 Å². The fraction of sp³-hybridized carbons (Fsp3) is 0.865. The van der Waals surface area contributed by atoms with Gasteiger partial charge in [0.1, 0.15) is 24.4 Å². The molecule has 6 N–H and O–H groups in total. The summed E-state index contributed by atoms with van der Waals surface area (Å²) in [5.41, 5.74) is 0. The van der Waals surface area contributed by atoms with Crippen LogP contribution in [0.15, 0.2) is 36.5 Å². The maximum absolute atomic E-state index is 12.9. The summed E-state index contributed by atoms with van der Waals surface area (Å²) in [6, 6.07) is -0.713. The van der Waals surface area contributed by atoms with Gasteiger partial charge >= 0.3 is 0 Å². The van der Waals surface area contributed by atoms with E-state index in [1.54, 1.807) is 0 Å². The van der Waals surface area contributed by atoms with Gasteiger partial charge in [0.15, 0.2) is 6.29 Å². The molecule has 0 saturated carbocycles. The van der Waals surface area contributed by atoms with Crippen LogP contribution in [-0.2, 0) is 14.3 Å². The summed E-state index contributed by atoms with van der Waals surface area (Å²) in [5, 5.41) is 53.9. The Hall–Kier alpha value is -1.59. The summed E-state index contributed by atoms with van der Waals surface area (Å²) in [7, 11) is 0. The second kappa shape index (κ2) is 42.4. The van der Waals surface area contributed by atoms with E-state index < -0.39 is 49.5 Å². The SMILES string of the molecule is CCCCCCC/C=C\C/C=C\C/C=C\CCCCCCCCCCCCCCCCCCCCC(=O)NC(COC1OC(CO)C(O)C(O)C1O)C(O)CCCCCCC. The largest absolute Gasteiger partial charge is 0.394 e. The molecule has 0 aromatic heterocycles. The van der Waals surface area contributed by atoms with E-state index in [9.17, 15) is 30.3 Å². The van der Waals surface area contributed by atoms with Crippen LogP contribution < -0.4 is 5.32 Å². The molecule has 1 aliphatic heterocycles. The molecule has 358 valence electrons. The molecule has 1 amide bonds. The van der Waals surface area contributed by atoms with Gasteiger partial charge in [-0.1, -0.05) is 211 Å². The number of ether oxygens (including phenoxy) is 2. The number of aliphatic hydroxyl groups is 5. The lowest BCUT2D eigenvalue weighted by atomic mass is 9.99. The summed E-state index contributed by atoms with van der Waals surface area (Å²) >= 11 is 0. The Kier molecular flexibility index (Phi) is 39.9. The lowest BCUT2D eigenvalue weighted by molar-refractivity contribution is -0.302. The molecule has 0 aromatic rings. The molecular weight excluding hydrogens is 767 g/mol. The minimum atomic E-state index is -1.55. The van der Waals surface area contributed by atoms with E-state index in [4.69, 9.17) is 9.47 Å². The number of aliphatic hydroxyl groups excluding tert-OH is 5. The Labute approximate surface area is 374 Å². The number of rotatable bonds is 43. The van der Waals surface area contributed by atoms with E-state index in [1.165, 1.54) is 141 Å². The Morgan fingerprint density at radius 2 is 0.967 bits per heavy atom. The summed E-state index contributed by atoms with van der Waals surface area (Å²) in [6.45, 7) is 3.73. The van der Waals surface area contributed by atoms with Crippen molar-refractivity contribution < 1.29 is 39.8 Å². The maximum Gasteiger partial charge on any atom is 0.220 e. The lowest BCUT2D eigenvalue weighted by Crippen LogP contribution is -2.60. The molecule has 1 heterocycles. The van der Waals surface area contributed by atoms with Crippen molar-refractivity contribution in [1.82, 2.24) is 5.32 Å². The Balaban J connectivity index is 2.01. The fourth-order valence-electron chi connectivity index (χ4n) is 8.11. The highest BCUT2D eigenvalue weighted by molar-refractivity contribution is 5.76. The molecule has 7 unspecified atom stereocenters. The minimum absolute atomic E-state index is 0.138. The van der Waals surface area contributed by atoms with Crippen LogP contribution in [0.2, 0.25) is 0 Å². The zero-order valence-electron chi connectivity index (χ0n) is 39.4. The van der Waals surface area contributed by atoms with E-state index in [1.807, 2.05) is 0 Å². The number of hydrogen-bond donors (Lipinski definition) is 6. The topological polar surface area (TPSA) is 149 Å². The van der Waals surface area contributed by atoms with Crippen molar-refractivity contribution >= 4 is 5.91 Å². The average Bonchev–Trinajstić information content (AvgIpc) is 3.26. The summed E-state index contributed by atoms with van der Waals surface area (Å²) in [4.78, 5) is 12.9. The zero-order chi connectivity index (χ0) is 44.4. The molecule has 0 aliphatic carbocycles. The molecule has 61 heavy (non-hydrogen) atoms. The summed E-state index contributed by atoms with van der Waals surface area (Å²) in [6.07, 6.45) is 46.7. The van der Waals surface area contributed by atoms with Gasteiger partial charge < -0.3 is 40.3 Å². The summed E-state index contributed by atoms with van der Waals surface area (Å²) in [5.74, 6) is -0.150. The molecule has 7 atom stereocenters. The van der Waals surface area contributed by atoms with Gasteiger partial charge in [-0.3, -0.25) is 4.79 Å². The van der Waals surface area contributed by atoms with Crippen LogP contribution in [0.3, 0.4) is 0 Å². The Bertz CT molecular complexity index is 1050. The predicted octanol–water partition coefficient (Wildman–Crippen LogP) is 11.6. The lowest BCUT2D eigenvalue weighted by Gasteiger charge is -2.40. The van der Waals surface area contributed by atoms with E-state index in [2.05, 4.69) is 55.6 Å². The van der Waals surface area contributed by atoms with Crippen molar-refractivity contribution in [3.05, 3.63) is 36.5 Å². The highest BCUT2D eigenvalue weighted by Gasteiger charge is 2.44. The monoisotopic (exact) mass is 864 g/mol. The molecule has 1 saturated heterocycles. The van der Waals surface area contributed by atoms with Gasteiger partial charge in [-0.2, -0.15) is 0 Å². The van der Waals surface area contributed by atoms with E-state index in [-0.39, 0.29) is 12.5 Å². The standard InChI is InChI=1S/C52H97NO8/c1-3-5-7-9-10-11-12-13-14-15-16-17-18-19-20-21-22-23-24-25-26-27-28-29-30-31-32-33-34-35-36-38-40-42-48(56)53-45(46(55)41-39-37-8-6-4-2)44-60-52-51(59)50(58)49(57)47(43-54)61-52/h12-13,15-16,18-19,45-47,49-52,54-55,57-59H,3-11,14,17,20-44H2,1-2H3,(H,53,56)/b13-12-,16-15-,19-18-. The maximum atomic E-state index is 12.9. The number of allylic oxidation sites excluding steroid dienone is 6. The molecule has 0 radical (unpaired) electrons. The van der Waals surface area contributed by atoms with E-state index in [0.717, 1.165) is 64.2 Å². The Morgan fingerprint density at radius 1 is 0.557 bits per heavy atom. The molecule has 1 aliphatic rings. The first-order chi connectivity index (χ1) is 29.8. The van der Waals surface area contributed by atoms with Gasteiger partial charge in [0, 0.05) is 6.42 Å². The molecule has 1 rings (SSSR count). The number of hydrogen-bond acceptors (Lipinski definition) is 8. The molecule has 0 spiro atoms. The first kappa shape index (κ1) is 57.4. The normalized spacial score (nSPS) is 20.7. The van der Waals surface area contributed by atoms with Crippen LogP contribution >= 0.6 is 0 Å². The van der Waals surface area contributed by atoms with E-state index in [0.29, 0.717) is 12.8 Å². The quantitative estimate of drug-likeness (QED) is 0.0262. The number of carbonyl (C=O) groups is 1. The van der Waals surface area contributed by atoms with Crippen molar-refractivity contribution in [3.63, 3.8) is 0 Å².